The van der Waals surface area contributed by atoms with Crippen LogP contribution in [0.5, 0.6) is 11.5 Å². The molecule has 0 saturated heterocycles. The van der Waals surface area contributed by atoms with Gasteiger partial charge in [-0.1, -0.05) is 6.92 Å². The van der Waals surface area contributed by atoms with Crippen LogP contribution in [0.2, 0.25) is 0 Å². The van der Waals surface area contributed by atoms with Crippen molar-refractivity contribution in [1.29, 1.82) is 0 Å². The van der Waals surface area contributed by atoms with E-state index in [0.29, 0.717) is 18.0 Å². The molecule has 1 aromatic rings. The van der Waals surface area contributed by atoms with E-state index in [1.54, 1.807) is 0 Å². The zero-order valence-electron chi connectivity index (χ0n) is 12.5. The van der Waals surface area contributed by atoms with Crippen molar-refractivity contribution in [3.05, 3.63) is 18.2 Å². The maximum absolute atomic E-state index is 12.2. The number of amides is 1. The van der Waals surface area contributed by atoms with Crippen LogP contribution in [0.1, 0.15) is 19.8 Å². The monoisotopic (exact) mass is 315 g/mol. The number of benzene rings is 1. The number of carbonyl (C=O) groups excluding carboxylic acids is 1. The number of sulfone groups is 1. The van der Waals surface area contributed by atoms with E-state index < -0.39 is 9.84 Å². The summed E-state index contributed by atoms with van der Waals surface area (Å²) >= 11 is 0. The Balaban J connectivity index is 2.81. The summed E-state index contributed by atoms with van der Waals surface area (Å²) in [5, 5.41) is 2.65. The molecule has 1 aromatic carbocycles. The van der Waals surface area contributed by atoms with Crippen LogP contribution in [0.4, 0.5) is 0 Å². The van der Waals surface area contributed by atoms with Gasteiger partial charge in [-0.25, -0.2) is 8.42 Å². The standard InChI is InChI=1S/C14H21NO5S/c1-4-8-15-14(16)7-9-21(17,18)11-5-6-12(19-2)13(10-11)20-3/h5-6,10H,4,7-9H2,1-3H3,(H,15,16). The molecule has 0 unspecified atom stereocenters. The van der Waals surface area contributed by atoms with Crippen LogP contribution in [0.25, 0.3) is 0 Å². The van der Waals surface area contributed by atoms with Crippen LogP contribution >= 0.6 is 0 Å². The number of carbonyl (C=O) groups is 1. The average molecular weight is 315 g/mol. The topological polar surface area (TPSA) is 81.7 Å². The van der Waals surface area contributed by atoms with Crippen molar-refractivity contribution in [2.45, 2.75) is 24.7 Å². The highest BCUT2D eigenvalue weighted by Gasteiger charge is 2.18. The average Bonchev–Trinajstić information content (AvgIpc) is 2.50. The second-order valence-corrected chi connectivity index (χ2v) is 6.54. The molecule has 0 aromatic heterocycles. The predicted molar refractivity (Wildman–Crippen MR) is 79.5 cm³/mol. The van der Waals surface area contributed by atoms with E-state index in [2.05, 4.69) is 5.32 Å². The molecule has 1 rings (SSSR count). The van der Waals surface area contributed by atoms with E-state index in [0.717, 1.165) is 6.42 Å². The van der Waals surface area contributed by atoms with Crippen LogP contribution in [-0.2, 0) is 14.6 Å². The molecule has 0 aliphatic heterocycles. The Kier molecular flexibility index (Phi) is 6.48. The van der Waals surface area contributed by atoms with Crippen molar-refractivity contribution in [2.24, 2.45) is 0 Å². The van der Waals surface area contributed by atoms with Gasteiger partial charge in [0.05, 0.1) is 24.9 Å². The summed E-state index contributed by atoms with van der Waals surface area (Å²) in [6.07, 6.45) is 0.755. The van der Waals surface area contributed by atoms with Gasteiger partial charge < -0.3 is 14.8 Å². The summed E-state index contributed by atoms with van der Waals surface area (Å²) in [6, 6.07) is 4.38. The Labute approximate surface area is 125 Å². The molecule has 0 fully saturated rings. The van der Waals surface area contributed by atoms with Gasteiger partial charge in [0.1, 0.15) is 0 Å². The van der Waals surface area contributed by atoms with E-state index in [-0.39, 0.29) is 23.0 Å². The van der Waals surface area contributed by atoms with Gasteiger partial charge in [0, 0.05) is 19.0 Å². The maximum atomic E-state index is 12.2. The SMILES string of the molecule is CCCNC(=O)CCS(=O)(=O)c1ccc(OC)c(OC)c1. The lowest BCUT2D eigenvalue weighted by molar-refractivity contribution is -0.120. The van der Waals surface area contributed by atoms with Gasteiger partial charge in [-0.05, 0) is 18.6 Å². The molecule has 21 heavy (non-hydrogen) atoms. The number of nitrogens with one attached hydrogen (secondary N) is 1. The molecule has 0 aliphatic carbocycles. The van der Waals surface area contributed by atoms with E-state index >= 15 is 0 Å². The molecular weight excluding hydrogens is 294 g/mol. The first-order chi connectivity index (χ1) is 9.94. The Hall–Kier alpha value is -1.76. The van der Waals surface area contributed by atoms with Gasteiger partial charge in [-0.2, -0.15) is 0 Å². The first-order valence-electron chi connectivity index (χ1n) is 6.66. The lowest BCUT2D eigenvalue weighted by atomic mass is 10.3. The van der Waals surface area contributed by atoms with Gasteiger partial charge in [0.25, 0.3) is 0 Å². The Morgan fingerprint density at radius 2 is 1.86 bits per heavy atom. The summed E-state index contributed by atoms with van der Waals surface area (Å²) in [4.78, 5) is 11.6. The van der Waals surface area contributed by atoms with E-state index in [1.807, 2.05) is 6.92 Å². The normalized spacial score (nSPS) is 11.0. The Morgan fingerprint density at radius 3 is 2.43 bits per heavy atom. The first-order valence-corrected chi connectivity index (χ1v) is 8.31. The van der Waals surface area contributed by atoms with Crippen molar-refractivity contribution in [2.75, 3.05) is 26.5 Å². The van der Waals surface area contributed by atoms with Crippen molar-refractivity contribution in [3.63, 3.8) is 0 Å². The zero-order chi connectivity index (χ0) is 15.9. The minimum atomic E-state index is -3.53. The van der Waals surface area contributed by atoms with Crippen molar-refractivity contribution in [1.82, 2.24) is 5.32 Å². The Bertz CT molecular complexity index is 583. The minimum Gasteiger partial charge on any atom is -0.493 e. The smallest absolute Gasteiger partial charge is 0.221 e. The van der Waals surface area contributed by atoms with Crippen molar-refractivity contribution in [3.8, 4) is 11.5 Å². The molecule has 1 N–H and O–H groups in total. The van der Waals surface area contributed by atoms with Gasteiger partial charge in [-0.15, -0.1) is 0 Å². The first kappa shape index (κ1) is 17.3. The third kappa shape index (κ3) is 4.93. The summed E-state index contributed by atoms with van der Waals surface area (Å²) in [6.45, 7) is 2.48. The molecule has 7 heteroatoms. The van der Waals surface area contributed by atoms with E-state index in [9.17, 15) is 13.2 Å². The highest BCUT2D eigenvalue weighted by Crippen LogP contribution is 2.29. The highest BCUT2D eigenvalue weighted by molar-refractivity contribution is 7.91. The third-order valence-electron chi connectivity index (χ3n) is 2.88. The molecule has 1 amide bonds. The molecule has 0 aliphatic rings. The number of hydrogen-bond donors (Lipinski definition) is 1. The fraction of sp³-hybridized carbons (Fsp3) is 0.500. The molecule has 0 spiro atoms. The molecule has 0 saturated carbocycles. The van der Waals surface area contributed by atoms with Gasteiger partial charge in [0.2, 0.25) is 5.91 Å². The van der Waals surface area contributed by atoms with E-state index in [4.69, 9.17) is 9.47 Å². The van der Waals surface area contributed by atoms with Crippen LogP contribution in [0.15, 0.2) is 23.1 Å². The maximum Gasteiger partial charge on any atom is 0.221 e. The molecule has 0 heterocycles. The molecule has 0 atom stereocenters. The summed E-state index contributed by atoms with van der Waals surface area (Å²) in [7, 11) is -0.621. The molecule has 6 nitrogen and oxygen atoms in total. The summed E-state index contributed by atoms with van der Waals surface area (Å²) in [5.41, 5.74) is 0. The largest absolute Gasteiger partial charge is 0.493 e. The summed E-state index contributed by atoms with van der Waals surface area (Å²) in [5.74, 6) is 0.296. The number of ether oxygens (including phenoxy) is 2. The second kappa shape index (κ2) is 7.87. The quantitative estimate of drug-likeness (QED) is 0.784. The van der Waals surface area contributed by atoms with Crippen LogP contribution < -0.4 is 14.8 Å². The second-order valence-electron chi connectivity index (χ2n) is 4.44. The van der Waals surface area contributed by atoms with Crippen molar-refractivity contribution < 1.29 is 22.7 Å². The zero-order valence-corrected chi connectivity index (χ0v) is 13.3. The number of methoxy groups -OCH3 is 2. The summed E-state index contributed by atoms with van der Waals surface area (Å²) < 4.78 is 34.5. The molecule has 0 radical (unpaired) electrons. The van der Waals surface area contributed by atoms with Crippen LogP contribution in [0, 0.1) is 0 Å². The van der Waals surface area contributed by atoms with Gasteiger partial charge in [-0.3, -0.25) is 4.79 Å². The Morgan fingerprint density at radius 1 is 1.19 bits per heavy atom. The lowest BCUT2D eigenvalue weighted by Gasteiger charge is -2.10. The van der Waals surface area contributed by atoms with Gasteiger partial charge in [0.15, 0.2) is 21.3 Å². The van der Waals surface area contributed by atoms with Crippen LogP contribution in [-0.4, -0.2) is 40.8 Å². The van der Waals surface area contributed by atoms with Crippen LogP contribution in [0.3, 0.4) is 0 Å². The number of hydrogen-bond acceptors (Lipinski definition) is 5. The third-order valence-corrected chi connectivity index (χ3v) is 4.60. The fourth-order valence-corrected chi connectivity index (χ4v) is 2.96. The minimum absolute atomic E-state index is 0.0589. The molecule has 118 valence electrons. The lowest BCUT2D eigenvalue weighted by Crippen LogP contribution is -2.26. The number of rotatable bonds is 8. The predicted octanol–water partition coefficient (Wildman–Crippen LogP) is 1.39. The molecule has 0 bridgehead atoms. The highest BCUT2D eigenvalue weighted by atomic mass is 32.2. The fourth-order valence-electron chi connectivity index (χ4n) is 1.71. The van der Waals surface area contributed by atoms with Crippen molar-refractivity contribution >= 4 is 15.7 Å². The molecular formula is C14H21NO5S. The van der Waals surface area contributed by atoms with E-state index in [1.165, 1.54) is 32.4 Å². The van der Waals surface area contributed by atoms with Gasteiger partial charge >= 0.3 is 0 Å².